The molecule has 4 nitrogen and oxygen atoms in total. The Morgan fingerprint density at radius 2 is 2.08 bits per heavy atom. The zero-order valence-electron chi connectivity index (χ0n) is 12.6. The minimum atomic E-state index is -0.467. The summed E-state index contributed by atoms with van der Waals surface area (Å²) in [7, 11) is 0. The van der Waals surface area contributed by atoms with Crippen molar-refractivity contribution in [2.24, 2.45) is 0 Å². The Morgan fingerprint density at radius 3 is 2.88 bits per heavy atom. The van der Waals surface area contributed by atoms with E-state index in [4.69, 9.17) is 11.6 Å². The first-order valence-corrected chi connectivity index (χ1v) is 8.68. The lowest BCUT2D eigenvalue weighted by molar-refractivity contribution is -0.117. The summed E-state index contributed by atoms with van der Waals surface area (Å²) >= 11 is 7.39. The van der Waals surface area contributed by atoms with Gasteiger partial charge in [0.2, 0.25) is 11.8 Å². The number of carbonyl (C=O) groups is 2. The predicted octanol–water partition coefficient (Wildman–Crippen LogP) is 3.95. The first kappa shape index (κ1) is 16.8. The van der Waals surface area contributed by atoms with Crippen LogP contribution in [0.15, 0.2) is 47.4 Å². The van der Waals surface area contributed by atoms with Crippen molar-refractivity contribution in [2.45, 2.75) is 11.3 Å². The number of fused-ring (bicyclic) bond motifs is 1. The fraction of sp³-hybridized carbons (Fsp3) is 0.176. The second-order valence-corrected chi connectivity index (χ2v) is 6.65. The third kappa shape index (κ3) is 3.71. The number of thioether (sulfide) groups is 1. The van der Waals surface area contributed by atoms with E-state index >= 15 is 0 Å². The van der Waals surface area contributed by atoms with Crippen LogP contribution >= 0.6 is 23.4 Å². The van der Waals surface area contributed by atoms with Crippen LogP contribution in [0.4, 0.5) is 15.8 Å². The van der Waals surface area contributed by atoms with Gasteiger partial charge in [0.15, 0.2) is 0 Å². The maximum atomic E-state index is 13.0. The quantitative estimate of drug-likeness (QED) is 0.893. The average Bonchev–Trinajstić information content (AvgIpc) is 2.56. The molecule has 3 rings (SSSR count). The van der Waals surface area contributed by atoms with Gasteiger partial charge in [-0.25, -0.2) is 4.39 Å². The topological polar surface area (TPSA) is 49.4 Å². The van der Waals surface area contributed by atoms with Crippen LogP contribution in [-0.4, -0.2) is 24.1 Å². The number of halogens is 2. The van der Waals surface area contributed by atoms with Gasteiger partial charge < -0.3 is 10.2 Å². The number of nitrogens with zero attached hydrogens (tertiary/aromatic N) is 1. The zero-order valence-corrected chi connectivity index (χ0v) is 14.2. The predicted molar refractivity (Wildman–Crippen MR) is 94.2 cm³/mol. The minimum absolute atomic E-state index is 0.0219. The van der Waals surface area contributed by atoms with Crippen LogP contribution < -0.4 is 10.2 Å². The Morgan fingerprint density at radius 1 is 1.29 bits per heavy atom. The number of hydrogen-bond acceptors (Lipinski definition) is 3. The number of hydrogen-bond donors (Lipinski definition) is 1. The molecule has 0 radical (unpaired) electrons. The molecule has 0 atom stereocenters. The van der Waals surface area contributed by atoms with Gasteiger partial charge in [-0.05, 0) is 30.3 Å². The van der Waals surface area contributed by atoms with Crippen molar-refractivity contribution in [1.29, 1.82) is 0 Å². The summed E-state index contributed by atoms with van der Waals surface area (Å²) in [5.74, 6) is -0.410. The van der Waals surface area contributed by atoms with Gasteiger partial charge >= 0.3 is 0 Å². The summed E-state index contributed by atoms with van der Waals surface area (Å²) in [6.45, 7) is 0.279. The fourth-order valence-corrected chi connectivity index (χ4v) is 3.57. The molecule has 0 fully saturated rings. The Labute approximate surface area is 148 Å². The van der Waals surface area contributed by atoms with E-state index in [1.54, 1.807) is 4.90 Å². The van der Waals surface area contributed by atoms with E-state index in [1.807, 2.05) is 24.3 Å². The minimum Gasteiger partial charge on any atom is -0.325 e. The molecule has 0 aromatic heterocycles. The van der Waals surface area contributed by atoms with Crippen LogP contribution in [0, 0.1) is 5.82 Å². The maximum absolute atomic E-state index is 13.0. The van der Waals surface area contributed by atoms with Crippen molar-refractivity contribution in [2.75, 3.05) is 22.5 Å². The van der Waals surface area contributed by atoms with Gasteiger partial charge in [0, 0.05) is 17.9 Å². The molecule has 1 heterocycles. The molecule has 0 saturated heterocycles. The summed E-state index contributed by atoms with van der Waals surface area (Å²) < 4.78 is 13.0. The number of rotatable bonds is 4. The molecule has 2 aromatic carbocycles. The van der Waals surface area contributed by atoms with E-state index in [2.05, 4.69) is 5.32 Å². The van der Waals surface area contributed by atoms with Gasteiger partial charge in [0.25, 0.3) is 0 Å². The van der Waals surface area contributed by atoms with Crippen molar-refractivity contribution in [3.05, 3.63) is 53.3 Å². The van der Waals surface area contributed by atoms with E-state index in [9.17, 15) is 14.0 Å². The van der Waals surface area contributed by atoms with Gasteiger partial charge in [-0.1, -0.05) is 23.7 Å². The van der Waals surface area contributed by atoms with E-state index in [0.29, 0.717) is 11.4 Å². The van der Waals surface area contributed by atoms with E-state index in [0.717, 1.165) is 16.6 Å². The fourth-order valence-electron chi connectivity index (χ4n) is 2.42. The highest BCUT2D eigenvalue weighted by Gasteiger charge is 2.24. The Kier molecular flexibility index (Phi) is 5.06. The largest absolute Gasteiger partial charge is 0.325 e. The summed E-state index contributed by atoms with van der Waals surface area (Å²) in [5.41, 5.74) is 1.18. The van der Waals surface area contributed by atoms with E-state index in [-0.39, 0.29) is 29.8 Å². The van der Waals surface area contributed by atoms with Crippen LogP contribution in [0.3, 0.4) is 0 Å². The molecule has 2 amide bonds. The van der Waals surface area contributed by atoms with Crippen molar-refractivity contribution >= 4 is 46.6 Å². The van der Waals surface area contributed by atoms with Crippen molar-refractivity contribution in [3.63, 3.8) is 0 Å². The molecule has 2 aromatic rings. The molecule has 1 aliphatic heterocycles. The third-order valence-electron chi connectivity index (χ3n) is 3.58. The van der Waals surface area contributed by atoms with Gasteiger partial charge in [0.05, 0.1) is 22.2 Å². The molecule has 7 heteroatoms. The molecule has 0 unspecified atom stereocenters. The number of para-hydroxylation sites is 1. The number of amides is 2. The van der Waals surface area contributed by atoms with Gasteiger partial charge in [-0.2, -0.15) is 0 Å². The maximum Gasteiger partial charge on any atom is 0.237 e. The normalized spacial score (nSPS) is 13.6. The van der Waals surface area contributed by atoms with Crippen molar-refractivity contribution < 1.29 is 14.0 Å². The smallest absolute Gasteiger partial charge is 0.237 e. The van der Waals surface area contributed by atoms with Crippen LogP contribution in [0.1, 0.15) is 6.42 Å². The monoisotopic (exact) mass is 364 g/mol. The zero-order chi connectivity index (χ0) is 17.1. The average molecular weight is 365 g/mol. The standard InChI is InChI=1S/C17H14ClFN2O2S/c18-12-9-11(19)5-6-13(12)20-16(22)7-8-21-14-3-1-2-4-15(14)24-10-17(21)23/h1-6,9H,7-8,10H2,(H,20,22). The lowest BCUT2D eigenvalue weighted by atomic mass is 10.2. The van der Waals surface area contributed by atoms with Crippen LogP contribution in [0.5, 0.6) is 0 Å². The molecule has 1 N–H and O–H groups in total. The number of benzene rings is 2. The molecule has 124 valence electrons. The van der Waals surface area contributed by atoms with Crippen LogP contribution in [0.25, 0.3) is 0 Å². The Balaban J connectivity index is 1.65. The van der Waals surface area contributed by atoms with E-state index < -0.39 is 5.82 Å². The van der Waals surface area contributed by atoms with Gasteiger partial charge in [-0.3, -0.25) is 9.59 Å². The second kappa shape index (κ2) is 7.23. The third-order valence-corrected chi connectivity index (χ3v) is 4.94. The van der Waals surface area contributed by atoms with Gasteiger partial charge in [-0.15, -0.1) is 11.8 Å². The molecule has 24 heavy (non-hydrogen) atoms. The highest BCUT2D eigenvalue weighted by atomic mass is 35.5. The lowest BCUT2D eigenvalue weighted by Crippen LogP contribution is -2.37. The Hall–Kier alpha value is -2.05. The molecule has 0 saturated carbocycles. The number of nitrogens with one attached hydrogen (secondary N) is 1. The lowest BCUT2D eigenvalue weighted by Gasteiger charge is -2.28. The summed E-state index contributed by atoms with van der Waals surface area (Å²) in [6, 6.07) is 11.4. The number of carbonyl (C=O) groups excluding carboxylic acids is 2. The Bertz CT molecular complexity index is 800. The molecular weight excluding hydrogens is 351 g/mol. The summed E-state index contributed by atoms with van der Waals surface area (Å²) in [6.07, 6.45) is 0.123. The number of anilines is 2. The molecule has 0 bridgehead atoms. The van der Waals surface area contributed by atoms with E-state index in [1.165, 1.54) is 23.9 Å². The molecule has 0 aliphatic carbocycles. The second-order valence-electron chi connectivity index (χ2n) is 5.22. The molecule has 1 aliphatic rings. The highest BCUT2D eigenvalue weighted by Crippen LogP contribution is 2.34. The molecular formula is C17H14ClFN2O2S. The van der Waals surface area contributed by atoms with Crippen LogP contribution in [-0.2, 0) is 9.59 Å². The van der Waals surface area contributed by atoms with Crippen LogP contribution in [0.2, 0.25) is 5.02 Å². The van der Waals surface area contributed by atoms with Crippen molar-refractivity contribution in [1.82, 2.24) is 0 Å². The van der Waals surface area contributed by atoms with Crippen molar-refractivity contribution in [3.8, 4) is 0 Å². The first-order chi connectivity index (χ1) is 11.5. The van der Waals surface area contributed by atoms with Gasteiger partial charge in [0.1, 0.15) is 5.82 Å². The highest BCUT2D eigenvalue weighted by molar-refractivity contribution is 8.00. The molecule has 0 spiro atoms. The summed E-state index contributed by atoms with van der Waals surface area (Å²) in [5, 5.41) is 2.77. The first-order valence-electron chi connectivity index (χ1n) is 7.31. The SMILES string of the molecule is O=C(CCN1C(=O)CSc2ccccc21)Nc1ccc(F)cc1Cl. The summed E-state index contributed by atoms with van der Waals surface area (Å²) in [4.78, 5) is 26.9.